The van der Waals surface area contributed by atoms with Crippen molar-refractivity contribution in [1.82, 2.24) is 15.3 Å². The summed E-state index contributed by atoms with van der Waals surface area (Å²) in [6.07, 6.45) is 2.22. The summed E-state index contributed by atoms with van der Waals surface area (Å²) in [4.78, 5) is 19.6. The van der Waals surface area contributed by atoms with Gasteiger partial charge >= 0.3 is 0 Å². The Balaban J connectivity index is 2.53. The lowest BCUT2D eigenvalue weighted by atomic mass is 10.2. The first-order valence-corrected chi connectivity index (χ1v) is 6.78. The van der Waals surface area contributed by atoms with Crippen molar-refractivity contribution in [2.75, 3.05) is 30.7 Å². The van der Waals surface area contributed by atoms with Crippen LogP contribution in [0.3, 0.4) is 0 Å². The van der Waals surface area contributed by atoms with Crippen molar-refractivity contribution in [2.24, 2.45) is 5.92 Å². The number of nitrogens with two attached hydrogens (primary N) is 1. The molecule has 112 valence electrons. The predicted octanol–water partition coefficient (Wildman–Crippen LogP) is 1.03. The number of hydrogen-bond donors (Lipinski definition) is 3. The van der Waals surface area contributed by atoms with Crippen LogP contribution in [0.1, 0.15) is 27.2 Å². The number of carbonyl (C=O) groups is 1. The van der Waals surface area contributed by atoms with Gasteiger partial charge in [0.2, 0.25) is 11.8 Å². The molecular formula is C13H23N5O2. The Kier molecular flexibility index (Phi) is 6.55. The van der Waals surface area contributed by atoms with E-state index in [1.165, 1.54) is 6.33 Å². The van der Waals surface area contributed by atoms with E-state index in [4.69, 9.17) is 10.5 Å². The highest BCUT2D eigenvalue weighted by molar-refractivity contribution is 5.81. The highest BCUT2D eigenvalue weighted by atomic mass is 16.5. The number of carbonyl (C=O) groups excluding carboxylic acids is 1. The summed E-state index contributed by atoms with van der Waals surface area (Å²) >= 11 is 0. The van der Waals surface area contributed by atoms with Gasteiger partial charge in [0, 0.05) is 6.54 Å². The molecule has 0 fully saturated rings. The molecule has 1 rings (SSSR count). The highest BCUT2D eigenvalue weighted by Crippen LogP contribution is 2.24. The molecule has 0 atom stereocenters. The second-order valence-corrected chi connectivity index (χ2v) is 4.84. The number of rotatable bonds is 8. The summed E-state index contributed by atoms with van der Waals surface area (Å²) in [6, 6.07) is 0. The quantitative estimate of drug-likeness (QED) is 0.658. The molecule has 0 radical (unpaired) electrons. The first-order valence-electron chi connectivity index (χ1n) is 6.78. The number of nitrogen functional groups attached to an aromatic ring is 1. The van der Waals surface area contributed by atoms with Gasteiger partial charge in [-0.15, -0.1) is 0 Å². The van der Waals surface area contributed by atoms with Crippen molar-refractivity contribution in [2.45, 2.75) is 27.2 Å². The molecule has 4 N–H and O–H groups in total. The minimum absolute atomic E-state index is 0.104. The zero-order valence-corrected chi connectivity index (χ0v) is 12.3. The molecule has 7 nitrogen and oxygen atoms in total. The van der Waals surface area contributed by atoms with Crippen LogP contribution in [0.5, 0.6) is 5.88 Å². The molecular weight excluding hydrogens is 258 g/mol. The van der Waals surface area contributed by atoms with Crippen molar-refractivity contribution in [3.05, 3.63) is 6.33 Å². The van der Waals surface area contributed by atoms with Gasteiger partial charge < -0.3 is 21.1 Å². The van der Waals surface area contributed by atoms with Gasteiger partial charge in [0.05, 0.1) is 13.2 Å². The summed E-state index contributed by atoms with van der Waals surface area (Å²) in [5.41, 5.74) is 6.21. The Bertz CT molecular complexity index is 437. The van der Waals surface area contributed by atoms with Crippen molar-refractivity contribution in [3.63, 3.8) is 0 Å². The fourth-order valence-corrected chi connectivity index (χ4v) is 1.38. The molecule has 0 unspecified atom stereocenters. The van der Waals surface area contributed by atoms with E-state index >= 15 is 0 Å². The van der Waals surface area contributed by atoms with E-state index in [2.05, 4.69) is 20.6 Å². The van der Waals surface area contributed by atoms with E-state index in [0.29, 0.717) is 36.5 Å². The average Bonchev–Trinajstić information content (AvgIpc) is 2.42. The lowest BCUT2D eigenvalue weighted by Gasteiger charge is -2.12. The minimum atomic E-state index is -0.104. The average molecular weight is 281 g/mol. The number of nitrogens with zero attached hydrogens (tertiary/aromatic N) is 2. The van der Waals surface area contributed by atoms with Crippen LogP contribution in [0.25, 0.3) is 0 Å². The highest BCUT2D eigenvalue weighted by Gasteiger charge is 2.10. The number of aromatic nitrogens is 2. The molecule has 0 aliphatic carbocycles. The van der Waals surface area contributed by atoms with Crippen LogP contribution in [-0.2, 0) is 4.79 Å². The number of anilines is 2. The van der Waals surface area contributed by atoms with Gasteiger partial charge in [-0.2, -0.15) is 4.98 Å². The van der Waals surface area contributed by atoms with E-state index in [1.54, 1.807) is 0 Å². The zero-order valence-electron chi connectivity index (χ0n) is 12.3. The molecule has 0 spiro atoms. The number of amides is 1. The zero-order chi connectivity index (χ0) is 15.0. The Morgan fingerprint density at radius 2 is 2.20 bits per heavy atom. The first kappa shape index (κ1) is 16.0. The normalized spacial score (nSPS) is 10.4. The van der Waals surface area contributed by atoms with Crippen LogP contribution in [0.4, 0.5) is 11.5 Å². The van der Waals surface area contributed by atoms with Crippen LogP contribution >= 0.6 is 0 Å². The van der Waals surface area contributed by atoms with E-state index in [0.717, 1.165) is 6.42 Å². The van der Waals surface area contributed by atoms with Crippen LogP contribution in [0.2, 0.25) is 0 Å². The summed E-state index contributed by atoms with van der Waals surface area (Å²) in [6.45, 7) is 7.36. The smallest absolute Gasteiger partial charge is 0.242 e. The van der Waals surface area contributed by atoms with Gasteiger partial charge in [-0.3, -0.25) is 4.79 Å². The van der Waals surface area contributed by atoms with Crippen molar-refractivity contribution < 1.29 is 9.53 Å². The number of hydrogen-bond acceptors (Lipinski definition) is 6. The Hall–Kier alpha value is -2.05. The van der Waals surface area contributed by atoms with Gasteiger partial charge in [0.25, 0.3) is 0 Å². The molecule has 1 heterocycles. The van der Waals surface area contributed by atoms with Crippen molar-refractivity contribution in [1.29, 1.82) is 0 Å². The topological polar surface area (TPSA) is 102 Å². The first-order chi connectivity index (χ1) is 9.54. The third-order valence-corrected chi connectivity index (χ3v) is 2.41. The third-order valence-electron chi connectivity index (χ3n) is 2.41. The molecule has 0 aliphatic rings. The molecule has 1 aromatic rings. The molecule has 0 aliphatic heterocycles. The molecule has 0 bridgehead atoms. The number of nitrogens with one attached hydrogen (secondary N) is 2. The Morgan fingerprint density at radius 3 is 2.85 bits per heavy atom. The molecule has 1 amide bonds. The fraction of sp³-hybridized carbons (Fsp3) is 0.615. The third kappa shape index (κ3) is 5.29. The van der Waals surface area contributed by atoms with E-state index in [1.807, 2.05) is 20.8 Å². The van der Waals surface area contributed by atoms with Crippen LogP contribution in [0, 0.1) is 5.92 Å². The monoisotopic (exact) mass is 281 g/mol. The van der Waals surface area contributed by atoms with E-state index in [9.17, 15) is 4.79 Å². The maximum Gasteiger partial charge on any atom is 0.242 e. The van der Waals surface area contributed by atoms with Gasteiger partial charge in [0.1, 0.15) is 12.0 Å². The van der Waals surface area contributed by atoms with Crippen LogP contribution in [0.15, 0.2) is 6.33 Å². The Morgan fingerprint density at radius 1 is 1.45 bits per heavy atom. The molecule has 20 heavy (non-hydrogen) atoms. The molecule has 0 aromatic carbocycles. The fourth-order valence-electron chi connectivity index (χ4n) is 1.38. The molecule has 1 aromatic heterocycles. The van der Waals surface area contributed by atoms with Crippen LogP contribution < -0.4 is 21.1 Å². The van der Waals surface area contributed by atoms with Gasteiger partial charge in [0.15, 0.2) is 5.82 Å². The van der Waals surface area contributed by atoms with E-state index < -0.39 is 0 Å². The van der Waals surface area contributed by atoms with Crippen LogP contribution in [-0.4, -0.2) is 35.6 Å². The van der Waals surface area contributed by atoms with Crippen molar-refractivity contribution >= 4 is 17.4 Å². The maximum atomic E-state index is 11.6. The van der Waals surface area contributed by atoms with Gasteiger partial charge in [-0.25, -0.2) is 4.98 Å². The molecule has 7 heteroatoms. The summed E-state index contributed by atoms with van der Waals surface area (Å²) in [7, 11) is 0. The van der Waals surface area contributed by atoms with Gasteiger partial charge in [-0.1, -0.05) is 20.8 Å². The molecule has 0 saturated carbocycles. The largest absolute Gasteiger partial charge is 0.476 e. The summed E-state index contributed by atoms with van der Waals surface area (Å²) in [5, 5.41) is 5.69. The number of ether oxygens (including phenoxy) is 1. The SMILES string of the molecule is CCCOc1ncnc(NCC(=O)NCC(C)C)c1N. The Labute approximate surface area is 119 Å². The van der Waals surface area contributed by atoms with Gasteiger partial charge in [-0.05, 0) is 12.3 Å². The standard InChI is InChI=1S/C13H23N5O2/c1-4-5-20-13-11(14)12(17-8-18-13)16-7-10(19)15-6-9(2)3/h8-9H,4-7,14H2,1-3H3,(H,15,19)(H,16,17,18). The minimum Gasteiger partial charge on any atom is -0.476 e. The summed E-state index contributed by atoms with van der Waals surface area (Å²) in [5.74, 6) is 1.06. The summed E-state index contributed by atoms with van der Waals surface area (Å²) < 4.78 is 5.40. The second kappa shape index (κ2) is 8.19. The maximum absolute atomic E-state index is 11.6. The van der Waals surface area contributed by atoms with Crippen molar-refractivity contribution in [3.8, 4) is 5.88 Å². The second-order valence-electron chi connectivity index (χ2n) is 4.84. The predicted molar refractivity (Wildman–Crippen MR) is 78.6 cm³/mol. The molecule has 0 saturated heterocycles. The van der Waals surface area contributed by atoms with E-state index in [-0.39, 0.29) is 12.5 Å². The lowest BCUT2D eigenvalue weighted by molar-refractivity contribution is -0.119. The lowest BCUT2D eigenvalue weighted by Crippen LogP contribution is -2.32.